The number of hydrogen-bond acceptors (Lipinski definition) is 2. The number of aliphatic hydroxyl groups is 1. The van der Waals surface area contributed by atoms with Gasteiger partial charge in [0.2, 0.25) is 0 Å². The van der Waals surface area contributed by atoms with E-state index in [1.807, 2.05) is 19.1 Å². The highest BCUT2D eigenvalue weighted by molar-refractivity contribution is 7.99. The normalized spacial score (nSPS) is 10.7. The molecule has 0 bridgehead atoms. The summed E-state index contributed by atoms with van der Waals surface area (Å²) >= 11 is 1.25. The number of hydrogen-bond donors (Lipinski definition) is 1. The molecule has 0 radical (unpaired) electrons. The van der Waals surface area contributed by atoms with Crippen LogP contribution in [0.1, 0.15) is 11.1 Å². The predicted molar refractivity (Wildman–Crippen MR) is 67.6 cm³/mol. The third-order valence-electron chi connectivity index (χ3n) is 2.54. The molecule has 0 amide bonds. The second-order valence-corrected chi connectivity index (χ2v) is 5.02. The molecule has 4 heteroatoms. The summed E-state index contributed by atoms with van der Waals surface area (Å²) < 4.78 is 26.3. The minimum atomic E-state index is -0.579. The maximum Gasteiger partial charge on any atom is 0.140 e. The van der Waals surface area contributed by atoms with Crippen LogP contribution in [0.4, 0.5) is 8.78 Å². The monoisotopic (exact) mass is 266 g/mol. The Bertz CT molecular complexity index is 570. The van der Waals surface area contributed by atoms with Gasteiger partial charge in [0.05, 0.1) is 6.61 Å². The van der Waals surface area contributed by atoms with Crippen LogP contribution < -0.4 is 0 Å². The van der Waals surface area contributed by atoms with E-state index in [0.717, 1.165) is 22.1 Å². The van der Waals surface area contributed by atoms with Crippen molar-refractivity contribution in [3.63, 3.8) is 0 Å². The molecule has 1 nitrogen and oxygen atoms in total. The molecule has 1 N–H and O–H groups in total. The topological polar surface area (TPSA) is 20.2 Å². The molecule has 0 saturated heterocycles. The van der Waals surface area contributed by atoms with E-state index in [-0.39, 0.29) is 6.61 Å². The first-order chi connectivity index (χ1) is 8.60. The van der Waals surface area contributed by atoms with Crippen LogP contribution >= 0.6 is 11.8 Å². The van der Waals surface area contributed by atoms with Crippen molar-refractivity contribution < 1.29 is 13.9 Å². The van der Waals surface area contributed by atoms with Gasteiger partial charge in [-0.05, 0) is 36.2 Å². The smallest absolute Gasteiger partial charge is 0.140 e. The maximum absolute atomic E-state index is 13.5. The molecule has 2 rings (SSSR count). The molecule has 0 saturated carbocycles. The Balaban J connectivity index is 2.28. The molecular formula is C14H12F2OS. The van der Waals surface area contributed by atoms with Crippen LogP contribution in [0, 0.1) is 18.6 Å². The van der Waals surface area contributed by atoms with Gasteiger partial charge in [-0.25, -0.2) is 8.78 Å². The van der Waals surface area contributed by atoms with Gasteiger partial charge < -0.3 is 5.11 Å². The molecule has 0 heterocycles. The van der Waals surface area contributed by atoms with Crippen molar-refractivity contribution in [1.82, 2.24) is 0 Å². The van der Waals surface area contributed by atoms with Crippen molar-refractivity contribution in [2.75, 3.05) is 0 Å². The van der Waals surface area contributed by atoms with Gasteiger partial charge in [0, 0.05) is 15.9 Å². The third kappa shape index (κ3) is 2.89. The molecule has 0 fully saturated rings. The Labute approximate surface area is 108 Å². The van der Waals surface area contributed by atoms with Gasteiger partial charge >= 0.3 is 0 Å². The predicted octanol–water partition coefficient (Wildman–Crippen LogP) is 3.92. The first-order valence-electron chi connectivity index (χ1n) is 5.43. The van der Waals surface area contributed by atoms with Gasteiger partial charge in [-0.2, -0.15) is 0 Å². The number of rotatable bonds is 3. The second-order valence-electron chi connectivity index (χ2n) is 3.93. The molecule has 0 aromatic heterocycles. The van der Waals surface area contributed by atoms with E-state index >= 15 is 0 Å². The van der Waals surface area contributed by atoms with Crippen LogP contribution in [0.3, 0.4) is 0 Å². The van der Waals surface area contributed by atoms with Crippen molar-refractivity contribution in [1.29, 1.82) is 0 Å². The highest BCUT2D eigenvalue weighted by Gasteiger charge is 2.07. The maximum atomic E-state index is 13.5. The summed E-state index contributed by atoms with van der Waals surface area (Å²) in [5, 5.41) is 9.01. The lowest BCUT2D eigenvalue weighted by molar-refractivity contribution is 0.281. The summed E-state index contributed by atoms with van der Waals surface area (Å²) in [6.45, 7) is 1.87. The summed E-state index contributed by atoms with van der Waals surface area (Å²) in [6.07, 6.45) is 0. The summed E-state index contributed by atoms with van der Waals surface area (Å²) in [6, 6.07) is 9.01. The van der Waals surface area contributed by atoms with Crippen molar-refractivity contribution in [2.24, 2.45) is 0 Å². The zero-order valence-electron chi connectivity index (χ0n) is 9.78. The van der Waals surface area contributed by atoms with Gasteiger partial charge in [-0.3, -0.25) is 0 Å². The Morgan fingerprint density at radius 3 is 2.39 bits per heavy atom. The molecule has 0 spiro atoms. The van der Waals surface area contributed by atoms with E-state index in [4.69, 9.17) is 5.11 Å². The van der Waals surface area contributed by atoms with Crippen molar-refractivity contribution >= 4 is 11.8 Å². The number of benzene rings is 2. The van der Waals surface area contributed by atoms with E-state index in [1.54, 1.807) is 6.07 Å². The lowest BCUT2D eigenvalue weighted by Gasteiger charge is -2.08. The first kappa shape index (κ1) is 13.1. The zero-order valence-corrected chi connectivity index (χ0v) is 10.6. The van der Waals surface area contributed by atoms with E-state index in [2.05, 4.69) is 0 Å². The summed E-state index contributed by atoms with van der Waals surface area (Å²) in [5.74, 6) is -1.14. The second kappa shape index (κ2) is 5.50. The Morgan fingerprint density at radius 1 is 1.06 bits per heavy atom. The molecule has 0 atom stereocenters. The largest absolute Gasteiger partial charge is 0.392 e. The molecule has 0 aliphatic rings. The fourth-order valence-corrected chi connectivity index (χ4v) is 2.49. The van der Waals surface area contributed by atoms with E-state index < -0.39 is 11.6 Å². The molecule has 18 heavy (non-hydrogen) atoms. The number of halogens is 2. The molecular weight excluding hydrogens is 254 g/mol. The number of aliphatic hydroxyl groups excluding tert-OH is 1. The van der Waals surface area contributed by atoms with Gasteiger partial charge in [0.15, 0.2) is 0 Å². The zero-order chi connectivity index (χ0) is 13.1. The van der Waals surface area contributed by atoms with Gasteiger partial charge in [0.25, 0.3) is 0 Å². The summed E-state index contributed by atoms with van der Waals surface area (Å²) in [5.41, 5.74) is 1.77. The first-order valence-corrected chi connectivity index (χ1v) is 6.25. The van der Waals surface area contributed by atoms with Crippen molar-refractivity contribution in [3.05, 3.63) is 59.2 Å². The van der Waals surface area contributed by atoms with Crippen LogP contribution in [-0.2, 0) is 6.61 Å². The number of aryl methyl sites for hydroxylation is 1. The average molecular weight is 266 g/mol. The Morgan fingerprint density at radius 2 is 1.78 bits per heavy atom. The summed E-state index contributed by atoms with van der Waals surface area (Å²) in [7, 11) is 0. The average Bonchev–Trinajstić information content (AvgIpc) is 2.34. The standard InChI is InChI=1S/C14H12F2OS/c1-9-6-10(8-17)2-4-13(9)18-14-5-3-11(15)7-12(14)16/h2-7,17H,8H2,1H3. The molecule has 2 aromatic carbocycles. The molecule has 0 aliphatic carbocycles. The fourth-order valence-electron chi connectivity index (χ4n) is 1.60. The SMILES string of the molecule is Cc1cc(CO)ccc1Sc1ccc(F)cc1F. The minimum Gasteiger partial charge on any atom is -0.392 e. The van der Waals surface area contributed by atoms with Crippen LogP contribution in [0.2, 0.25) is 0 Å². The highest BCUT2D eigenvalue weighted by atomic mass is 32.2. The molecule has 0 unspecified atom stereocenters. The van der Waals surface area contributed by atoms with Crippen molar-refractivity contribution in [2.45, 2.75) is 23.3 Å². The highest BCUT2D eigenvalue weighted by Crippen LogP contribution is 2.32. The molecule has 0 aliphatic heterocycles. The minimum absolute atomic E-state index is 0.0172. The van der Waals surface area contributed by atoms with Crippen LogP contribution in [0.25, 0.3) is 0 Å². The molecule has 2 aromatic rings. The fraction of sp³-hybridized carbons (Fsp3) is 0.143. The van der Waals surface area contributed by atoms with E-state index in [1.165, 1.54) is 23.9 Å². The van der Waals surface area contributed by atoms with Crippen LogP contribution in [0.5, 0.6) is 0 Å². The van der Waals surface area contributed by atoms with Gasteiger partial charge in [-0.1, -0.05) is 23.9 Å². The lowest BCUT2D eigenvalue weighted by Crippen LogP contribution is -1.88. The van der Waals surface area contributed by atoms with Gasteiger partial charge in [-0.15, -0.1) is 0 Å². The van der Waals surface area contributed by atoms with Crippen molar-refractivity contribution in [3.8, 4) is 0 Å². The summed E-state index contributed by atoms with van der Waals surface area (Å²) in [4.78, 5) is 1.27. The Kier molecular flexibility index (Phi) is 3.99. The quantitative estimate of drug-likeness (QED) is 0.908. The molecule has 94 valence electrons. The van der Waals surface area contributed by atoms with Gasteiger partial charge in [0.1, 0.15) is 11.6 Å². The van der Waals surface area contributed by atoms with E-state index in [9.17, 15) is 8.78 Å². The Hall–Kier alpha value is -1.39. The van der Waals surface area contributed by atoms with Crippen LogP contribution in [-0.4, -0.2) is 5.11 Å². The van der Waals surface area contributed by atoms with Crippen LogP contribution in [0.15, 0.2) is 46.2 Å². The lowest BCUT2D eigenvalue weighted by atomic mass is 10.1. The van der Waals surface area contributed by atoms with E-state index in [0.29, 0.717) is 4.90 Å². The third-order valence-corrected chi connectivity index (χ3v) is 3.76.